The van der Waals surface area contributed by atoms with Crippen LogP contribution in [0.25, 0.3) is 11.1 Å². The minimum Gasteiger partial charge on any atom is -0.457 e. The molecule has 0 aliphatic carbocycles. The molecule has 0 aromatic heterocycles. The third-order valence-corrected chi connectivity index (χ3v) is 4.49. The molecule has 2 aromatic rings. The summed E-state index contributed by atoms with van der Waals surface area (Å²) in [5, 5.41) is 0. The summed E-state index contributed by atoms with van der Waals surface area (Å²) >= 11 is 0. The van der Waals surface area contributed by atoms with E-state index >= 15 is 0 Å². The first-order chi connectivity index (χ1) is 13.1. The maximum atomic E-state index is 12.2. The normalized spacial score (nSPS) is 12.0. The molecule has 3 heteroatoms. The molecule has 0 fully saturated rings. The van der Waals surface area contributed by atoms with Crippen LogP contribution in [0.2, 0.25) is 0 Å². The molecule has 0 aliphatic rings. The predicted molar refractivity (Wildman–Crippen MR) is 111 cm³/mol. The zero-order valence-corrected chi connectivity index (χ0v) is 16.9. The van der Waals surface area contributed by atoms with Crippen LogP contribution < -0.4 is 0 Å². The molecule has 3 nitrogen and oxygen atoms in total. The second kappa shape index (κ2) is 11.6. The van der Waals surface area contributed by atoms with Crippen molar-refractivity contribution in [3.05, 3.63) is 59.7 Å². The lowest BCUT2D eigenvalue weighted by atomic mass is 10.0. The highest BCUT2D eigenvalue weighted by molar-refractivity contribution is 5.90. The quantitative estimate of drug-likeness (QED) is 0.357. The Labute approximate surface area is 163 Å². The fourth-order valence-electron chi connectivity index (χ4n) is 2.92. The highest BCUT2D eigenvalue weighted by Gasteiger charge is 2.12. The van der Waals surface area contributed by atoms with Crippen molar-refractivity contribution in [1.29, 1.82) is 0 Å². The fraction of sp³-hybridized carbons (Fsp3) is 0.458. The first-order valence-electron chi connectivity index (χ1n) is 10.1. The Kier molecular flexibility index (Phi) is 9.06. The molecule has 0 amide bonds. The Morgan fingerprint density at radius 1 is 0.889 bits per heavy atom. The first kappa shape index (κ1) is 21.2. The molecule has 0 spiro atoms. The van der Waals surface area contributed by atoms with Gasteiger partial charge >= 0.3 is 5.97 Å². The summed E-state index contributed by atoms with van der Waals surface area (Å²) in [5.41, 5.74) is 4.21. The van der Waals surface area contributed by atoms with Crippen LogP contribution in [-0.4, -0.2) is 25.3 Å². The highest BCUT2D eigenvalue weighted by Crippen LogP contribution is 2.21. The summed E-state index contributed by atoms with van der Waals surface area (Å²) < 4.78 is 10.8. The molecule has 0 saturated heterocycles. The predicted octanol–water partition coefficient (Wildman–Crippen LogP) is 6.06. The third kappa shape index (κ3) is 7.18. The standard InChI is InChI=1S/C24H32O3/c1-4-6-7-8-20-9-11-21(12-10-20)22-13-15-23(16-14-22)24(25)27-19(3)18-26-17-5-2/h9-16,19H,4-8,17-18H2,1-3H3. The SMILES string of the molecule is CCCCCc1ccc(-c2ccc(C(=O)OC(C)COCCC)cc2)cc1. The van der Waals surface area contributed by atoms with E-state index in [9.17, 15) is 4.79 Å². The minimum absolute atomic E-state index is 0.246. The van der Waals surface area contributed by atoms with Crippen molar-refractivity contribution in [3.8, 4) is 11.1 Å². The number of hydrogen-bond donors (Lipinski definition) is 0. The van der Waals surface area contributed by atoms with E-state index in [2.05, 4.69) is 38.1 Å². The molecular weight excluding hydrogens is 336 g/mol. The van der Waals surface area contributed by atoms with Gasteiger partial charge in [0.1, 0.15) is 6.10 Å². The smallest absolute Gasteiger partial charge is 0.338 e. The van der Waals surface area contributed by atoms with Gasteiger partial charge in [0.25, 0.3) is 0 Å². The second-order valence-electron chi connectivity index (χ2n) is 7.02. The average molecular weight is 369 g/mol. The van der Waals surface area contributed by atoms with Crippen molar-refractivity contribution in [2.45, 2.75) is 59.0 Å². The van der Waals surface area contributed by atoms with Crippen molar-refractivity contribution in [3.63, 3.8) is 0 Å². The van der Waals surface area contributed by atoms with Gasteiger partial charge in [-0.1, -0.05) is 63.1 Å². The summed E-state index contributed by atoms with van der Waals surface area (Å²) in [4.78, 5) is 12.2. The molecule has 1 atom stereocenters. The number of carbonyl (C=O) groups is 1. The van der Waals surface area contributed by atoms with E-state index in [0.29, 0.717) is 18.8 Å². The summed E-state index contributed by atoms with van der Waals surface area (Å²) in [7, 11) is 0. The number of unbranched alkanes of at least 4 members (excludes halogenated alkanes) is 2. The number of benzene rings is 2. The van der Waals surface area contributed by atoms with E-state index in [4.69, 9.17) is 9.47 Å². The molecule has 0 saturated carbocycles. The maximum absolute atomic E-state index is 12.2. The monoisotopic (exact) mass is 368 g/mol. The topological polar surface area (TPSA) is 35.5 Å². The summed E-state index contributed by atoms with van der Waals surface area (Å²) in [6, 6.07) is 16.3. The van der Waals surface area contributed by atoms with Gasteiger partial charge in [0, 0.05) is 6.61 Å². The van der Waals surface area contributed by atoms with Crippen molar-refractivity contribution in [1.82, 2.24) is 0 Å². The van der Waals surface area contributed by atoms with Gasteiger partial charge in [0.05, 0.1) is 12.2 Å². The van der Waals surface area contributed by atoms with Crippen molar-refractivity contribution >= 4 is 5.97 Å². The lowest BCUT2D eigenvalue weighted by Gasteiger charge is -2.13. The zero-order valence-electron chi connectivity index (χ0n) is 16.9. The Morgan fingerprint density at radius 3 is 2.11 bits per heavy atom. The lowest BCUT2D eigenvalue weighted by molar-refractivity contribution is 0.00226. The first-order valence-corrected chi connectivity index (χ1v) is 10.1. The number of esters is 1. The maximum Gasteiger partial charge on any atom is 0.338 e. The number of aryl methyl sites for hydroxylation is 1. The number of ether oxygens (including phenoxy) is 2. The van der Waals surface area contributed by atoms with Crippen molar-refractivity contribution in [2.75, 3.05) is 13.2 Å². The van der Waals surface area contributed by atoms with Gasteiger partial charge < -0.3 is 9.47 Å². The minimum atomic E-state index is -0.305. The van der Waals surface area contributed by atoms with Crippen LogP contribution >= 0.6 is 0 Å². The summed E-state index contributed by atoms with van der Waals surface area (Å²) in [6.07, 6.45) is 5.62. The van der Waals surface area contributed by atoms with Crippen LogP contribution in [0.4, 0.5) is 0 Å². The van der Waals surface area contributed by atoms with E-state index in [1.54, 1.807) is 0 Å². The van der Waals surface area contributed by atoms with Crippen molar-refractivity contribution < 1.29 is 14.3 Å². The largest absolute Gasteiger partial charge is 0.457 e. The van der Waals surface area contributed by atoms with E-state index in [-0.39, 0.29) is 12.1 Å². The van der Waals surface area contributed by atoms with E-state index in [1.165, 1.54) is 24.8 Å². The number of rotatable bonds is 11. The van der Waals surface area contributed by atoms with Gasteiger partial charge in [-0.25, -0.2) is 4.79 Å². The molecule has 146 valence electrons. The molecule has 2 rings (SSSR count). The molecule has 0 radical (unpaired) electrons. The van der Waals surface area contributed by atoms with Crippen LogP contribution in [0.15, 0.2) is 48.5 Å². The van der Waals surface area contributed by atoms with Gasteiger partial charge in [-0.2, -0.15) is 0 Å². The Hall–Kier alpha value is -2.13. The highest BCUT2D eigenvalue weighted by atomic mass is 16.6. The Bertz CT molecular complexity index is 674. The molecule has 0 N–H and O–H groups in total. The number of hydrogen-bond acceptors (Lipinski definition) is 3. The fourth-order valence-corrected chi connectivity index (χ4v) is 2.92. The van der Waals surface area contributed by atoms with Gasteiger partial charge in [-0.15, -0.1) is 0 Å². The molecule has 0 heterocycles. The lowest BCUT2D eigenvalue weighted by Crippen LogP contribution is -2.20. The van der Waals surface area contributed by atoms with Gasteiger partial charge in [0.15, 0.2) is 0 Å². The molecule has 1 unspecified atom stereocenters. The average Bonchev–Trinajstić information content (AvgIpc) is 2.69. The summed E-state index contributed by atoms with van der Waals surface area (Å²) in [6.45, 7) is 7.25. The zero-order chi connectivity index (χ0) is 19.5. The Morgan fingerprint density at radius 2 is 1.52 bits per heavy atom. The third-order valence-electron chi connectivity index (χ3n) is 4.49. The summed E-state index contributed by atoms with van der Waals surface area (Å²) in [5.74, 6) is -0.305. The number of carbonyl (C=O) groups excluding carboxylic acids is 1. The molecular formula is C24H32O3. The Balaban J connectivity index is 1.91. The van der Waals surface area contributed by atoms with Gasteiger partial charge in [-0.05, 0) is 55.0 Å². The van der Waals surface area contributed by atoms with E-state index in [1.807, 2.05) is 31.2 Å². The molecule has 0 aliphatic heterocycles. The van der Waals surface area contributed by atoms with Crippen LogP contribution in [0.5, 0.6) is 0 Å². The van der Waals surface area contributed by atoms with Crippen molar-refractivity contribution in [2.24, 2.45) is 0 Å². The van der Waals surface area contributed by atoms with Gasteiger partial charge in [-0.3, -0.25) is 0 Å². The van der Waals surface area contributed by atoms with Crippen LogP contribution in [0.1, 0.15) is 62.4 Å². The van der Waals surface area contributed by atoms with E-state index < -0.39 is 0 Å². The molecule has 0 bridgehead atoms. The van der Waals surface area contributed by atoms with Crippen LogP contribution in [0.3, 0.4) is 0 Å². The molecule has 2 aromatic carbocycles. The van der Waals surface area contributed by atoms with Gasteiger partial charge in [0.2, 0.25) is 0 Å². The van der Waals surface area contributed by atoms with Crippen LogP contribution in [0, 0.1) is 0 Å². The van der Waals surface area contributed by atoms with E-state index in [0.717, 1.165) is 24.0 Å². The van der Waals surface area contributed by atoms with Crippen LogP contribution in [-0.2, 0) is 15.9 Å². The molecule has 27 heavy (non-hydrogen) atoms. The second-order valence-corrected chi connectivity index (χ2v) is 7.02.